The third kappa shape index (κ3) is 14.3. The van der Waals surface area contributed by atoms with Crippen molar-refractivity contribution in [3.63, 3.8) is 0 Å². The van der Waals surface area contributed by atoms with Gasteiger partial charge in [-0.05, 0) is 107 Å². The monoisotopic (exact) mass is 930 g/mol. The molecule has 0 aromatic heterocycles. The topological polar surface area (TPSA) is 216 Å². The summed E-state index contributed by atoms with van der Waals surface area (Å²) in [5.74, 6) is -8.93. The van der Waals surface area contributed by atoms with Crippen molar-refractivity contribution >= 4 is 29.2 Å². The first kappa shape index (κ1) is 55.2. The first-order chi connectivity index (χ1) is 31.3. The molecular weight excluding hydrogens is 851 g/mol. The SMILES string of the molecule is CO[C@@H]1C[C@@H]2CC[C@@H](C)[C@@](O)(O2)C(=O)C(=O)N2CCCC[C@H]2C(=O)O[C@H]([C@H](C)C[C@@H]2CC[C@@H](O)[C@H](OC)C2)CC(=O)[C@H](C)/C=C(/C)[C@@H](O)[C@@H](OC)C(=O)[C@H](CO)C[C@@H](C)/C=C\C=CC=C1C. The van der Waals surface area contributed by atoms with Gasteiger partial charge in [0.2, 0.25) is 5.79 Å². The van der Waals surface area contributed by atoms with Gasteiger partial charge in [-0.25, -0.2) is 4.79 Å². The maximum Gasteiger partial charge on any atom is 0.329 e. The number of aliphatic hydroxyl groups excluding tert-OH is 3. The molecule has 0 spiro atoms. The Morgan fingerprint density at radius 2 is 1.59 bits per heavy atom. The number of allylic oxidation sites excluding steroid dienone is 6. The number of methoxy groups -OCH3 is 3. The highest BCUT2D eigenvalue weighted by molar-refractivity contribution is 6.39. The van der Waals surface area contributed by atoms with Crippen molar-refractivity contribution in [1.29, 1.82) is 0 Å². The largest absolute Gasteiger partial charge is 0.460 e. The number of piperidine rings is 1. The van der Waals surface area contributed by atoms with Gasteiger partial charge in [0.05, 0.1) is 31.0 Å². The smallest absolute Gasteiger partial charge is 0.329 e. The Morgan fingerprint density at radius 3 is 2.26 bits per heavy atom. The standard InChI is InChI=1S/C51H79NO14/c1-30-15-11-10-12-16-31(2)42(62-7)27-38-20-18-35(6)51(61,66-38)48(58)49(59)52-22-14-13-17-39(52)50(60)65-43(33(4)25-36-19-21-40(54)44(26-36)63-8)28-41(55)32(3)24-34(5)45(56)47(64-9)46(57)37(23-30)29-53/h10-12,15-16,24,30,32-33,35-40,42-45,47,53-54,56,61H,13-14,17-23,25-29H2,1-9H3/b12-10?,15-11-,31-16?,34-24-/t30-,32+,33+,35+,36-,37-,38-,39-,40+,42+,43-,44+,45+,47+,51+/m0/s1. The second-order valence-corrected chi connectivity index (χ2v) is 19.6. The molecule has 0 radical (unpaired) electrons. The molecule has 4 rings (SSSR count). The molecule has 4 N–H and O–H groups in total. The number of ether oxygens (including phenoxy) is 5. The first-order valence-electron chi connectivity index (χ1n) is 24.1. The van der Waals surface area contributed by atoms with Crippen molar-refractivity contribution in [2.45, 2.75) is 173 Å². The van der Waals surface area contributed by atoms with E-state index in [4.69, 9.17) is 23.7 Å². The fourth-order valence-electron chi connectivity index (χ4n) is 10.1. The lowest BCUT2D eigenvalue weighted by molar-refractivity contribution is -0.265. The van der Waals surface area contributed by atoms with Gasteiger partial charge in [0, 0.05) is 58.5 Å². The number of carbonyl (C=O) groups is 5. The van der Waals surface area contributed by atoms with Crippen molar-refractivity contribution < 1.29 is 68.1 Å². The van der Waals surface area contributed by atoms with E-state index < -0.39 is 96.3 Å². The Morgan fingerprint density at radius 1 is 0.864 bits per heavy atom. The van der Waals surface area contributed by atoms with Gasteiger partial charge in [0.1, 0.15) is 30.1 Å². The number of amides is 1. The van der Waals surface area contributed by atoms with Gasteiger partial charge in [-0.3, -0.25) is 19.2 Å². The molecule has 0 aromatic carbocycles. The zero-order valence-corrected chi connectivity index (χ0v) is 40.8. The molecule has 2 saturated heterocycles. The van der Waals surface area contributed by atoms with Gasteiger partial charge >= 0.3 is 5.97 Å². The third-order valence-electron chi connectivity index (χ3n) is 14.5. The summed E-state index contributed by atoms with van der Waals surface area (Å²) in [5, 5.41) is 44.2. The molecule has 4 aliphatic rings. The molecular formula is C51H79NO14. The molecule has 15 heteroatoms. The number of rotatable bonds is 7. The van der Waals surface area contributed by atoms with Crippen LogP contribution in [0, 0.1) is 35.5 Å². The fraction of sp³-hybridized carbons (Fsp3) is 0.745. The molecule has 15 nitrogen and oxygen atoms in total. The average molecular weight is 930 g/mol. The minimum atomic E-state index is -2.44. The van der Waals surface area contributed by atoms with Crippen molar-refractivity contribution in [2.75, 3.05) is 34.5 Å². The Bertz CT molecular complexity index is 1770. The van der Waals surface area contributed by atoms with Gasteiger partial charge in [0.15, 0.2) is 5.78 Å². The third-order valence-corrected chi connectivity index (χ3v) is 14.5. The molecule has 0 unspecified atom stereocenters. The molecule has 0 aromatic rings. The van der Waals surface area contributed by atoms with E-state index in [0.717, 1.165) is 5.57 Å². The Balaban J connectivity index is 1.71. The maximum atomic E-state index is 14.4. The van der Waals surface area contributed by atoms with Crippen LogP contribution in [0.2, 0.25) is 0 Å². The molecule has 15 atom stereocenters. The molecule has 1 saturated carbocycles. The van der Waals surface area contributed by atoms with Crippen molar-refractivity contribution in [1.82, 2.24) is 4.90 Å². The summed E-state index contributed by atoms with van der Waals surface area (Å²) < 4.78 is 29.3. The van der Waals surface area contributed by atoms with Crippen LogP contribution in [-0.2, 0) is 47.7 Å². The molecule has 3 aliphatic heterocycles. The van der Waals surface area contributed by atoms with E-state index in [1.54, 1.807) is 41.1 Å². The number of nitrogens with zero attached hydrogens (tertiary/aromatic N) is 1. The predicted molar refractivity (Wildman–Crippen MR) is 247 cm³/mol. The lowest BCUT2D eigenvalue weighted by Gasteiger charge is -2.42. The van der Waals surface area contributed by atoms with Gasteiger partial charge in [-0.1, -0.05) is 64.2 Å². The number of hydrogen-bond donors (Lipinski definition) is 4. The fourth-order valence-corrected chi connectivity index (χ4v) is 10.1. The minimum absolute atomic E-state index is 0.0744. The van der Waals surface area contributed by atoms with Crippen LogP contribution in [-0.4, -0.2) is 144 Å². The number of hydrogen-bond acceptors (Lipinski definition) is 14. The van der Waals surface area contributed by atoms with E-state index in [1.807, 2.05) is 51.2 Å². The summed E-state index contributed by atoms with van der Waals surface area (Å²) in [6.07, 6.45) is 10.1. The van der Waals surface area contributed by atoms with Crippen molar-refractivity contribution in [3.8, 4) is 0 Å². The lowest BCUT2D eigenvalue weighted by Crippen LogP contribution is -2.61. The quantitative estimate of drug-likeness (QED) is 0.148. The molecule has 372 valence electrons. The number of fused-ring (bicyclic) bond motifs is 3. The normalized spacial score (nSPS) is 38.7. The molecule has 1 amide bonds. The van der Waals surface area contributed by atoms with Crippen LogP contribution in [0.4, 0.5) is 0 Å². The Labute approximate surface area is 392 Å². The van der Waals surface area contributed by atoms with Gasteiger partial charge in [0.25, 0.3) is 11.7 Å². The second kappa shape index (κ2) is 25.8. The second-order valence-electron chi connectivity index (χ2n) is 19.6. The number of aliphatic hydroxyl groups is 4. The lowest BCUT2D eigenvalue weighted by atomic mass is 9.78. The van der Waals surface area contributed by atoms with Crippen LogP contribution in [0.25, 0.3) is 0 Å². The highest BCUT2D eigenvalue weighted by Crippen LogP contribution is 2.38. The Hall–Kier alpha value is -3.41. The zero-order valence-electron chi connectivity index (χ0n) is 40.8. The number of Topliss-reactive ketones (excluding diaryl/α,β-unsaturated/α-hetero) is 3. The van der Waals surface area contributed by atoms with Crippen LogP contribution in [0.3, 0.4) is 0 Å². The van der Waals surface area contributed by atoms with Gasteiger partial charge in [-0.15, -0.1) is 0 Å². The van der Waals surface area contributed by atoms with E-state index in [9.17, 15) is 44.4 Å². The van der Waals surface area contributed by atoms with Gasteiger partial charge < -0.3 is 49.0 Å². The minimum Gasteiger partial charge on any atom is -0.460 e. The van der Waals surface area contributed by atoms with Crippen LogP contribution in [0.15, 0.2) is 47.6 Å². The predicted octanol–water partition coefficient (Wildman–Crippen LogP) is 5.15. The molecule has 66 heavy (non-hydrogen) atoms. The van der Waals surface area contributed by atoms with Crippen LogP contribution >= 0.6 is 0 Å². The number of ketones is 3. The highest BCUT2D eigenvalue weighted by atomic mass is 16.6. The molecule has 3 fully saturated rings. The Kier molecular flexibility index (Phi) is 21.6. The zero-order chi connectivity index (χ0) is 48.9. The summed E-state index contributed by atoms with van der Waals surface area (Å²) in [5.41, 5.74) is 1.16. The number of esters is 1. The average Bonchev–Trinajstić information content (AvgIpc) is 3.30. The summed E-state index contributed by atoms with van der Waals surface area (Å²) in [6, 6.07) is -1.16. The molecule has 2 bridgehead atoms. The summed E-state index contributed by atoms with van der Waals surface area (Å²) in [6.45, 7) is 10.2. The van der Waals surface area contributed by atoms with E-state index >= 15 is 0 Å². The highest BCUT2D eigenvalue weighted by Gasteiger charge is 2.53. The van der Waals surface area contributed by atoms with E-state index in [2.05, 4.69) is 0 Å². The molecule has 3 heterocycles. The number of cyclic esters (lactones) is 1. The first-order valence-corrected chi connectivity index (χ1v) is 24.1. The summed E-state index contributed by atoms with van der Waals surface area (Å²) in [7, 11) is 4.43. The van der Waals surface area contributed by atoms with Crippen LogP contribution in [0.1, 0.15) is 119 Å². The van der Waals surface area contributed by atoms with Crippen LogP contribution < -0.4 is 0 Å². The summed E-state index contributed by atoms with van der Waals surface area (Å²) in [4.78, 5) is 71.9. The van der Waals surface area contributed by atoms with E-state index in [0.29, 0.717) is 63.4 Å². The van der Waals surface area contributed by atoms with Gasteiger partial charge in [-0.2, -0.15) is 0 Å². The van der Waals surface area contributed by atoms with Crippen molar-refractivity contribution in [2.24, 2.45) is 35.5 Å². The molecule has 1 aliphatic carbocycles. The van der Waals surface area contributed by atoms with Crippen LogP contribution in [0.5, 0.6) is 0 Å². The maximum absolute atomic E-state index is 14.4. The van der Waals surface area contributed by atoms with E-state index in [-0.39, 0.29) is 55.4 Å². The number of carbonyl (C=O) groups excluding carboxylic acids is 5. The van der Waals surface area contributed by atoms with E-state index in [1.165, 1.54) is 12.0 Å². The van der Waals surface area contributed by atoms with Crippen molar-refractivity contribution in [3.05, 3.63) is 47.6 Å². The summed E-state index contributed by atoms with van der Waals surface area (Å²) >= 11 is 0.